The van der Waals surface area contributed by atoms with Crippen molar-refractivity contribution < 1.29 is 9.50 Å². The second-order valence-corrected chi connectivity index (χ2v) is 5.65. The van der Waals surface area contributed by atoms with E-state index in [9.17, 15) is 9.50 Å². The quantitative estimate of drug-likeness (QED) is 0.767. The molecule has 0 amide bonds. The normalized spacial score (nSPS) is 11.2. The van der Waals surface area contributed by atoms with Crippen LogP contribution in [0.5, 0.6) is 0 Å². The highest BCUT2D eigenvalue weighted by Gasteiger charge is 2.08. The molecule has 3 aromatic rings. The Labute approximate surface area is 124 Å². The Bertz CT molecular complexity index is 746. The fraction of sp³-hybridized carbons (Fsp3) is 0.125. The molecule has 0 aliphatic rings. The first kappa shape index (κ1) is 13.3. The maximum atomic E-state index is 13.4. The number of hydrogen-bond acceptors (Lipinski definition) is 1. The van der Waals surface area contributed by atoms with Crippen LogP contribution < -0.4 is 0 Å². The molecule has 1 aromatic heterocycles. The summed E-state index contributed by atoms with van der Waals surface area (Å²) >= 11 is 3.31. The highest BCUT2D eigenvalue weighted by Crippen LogP contribution is 2.23. The number of aliphatic hydroxyl groups is 1. The van der Waals surface area contributed by atoms with Crippen molar-refractivity contribution in [3.8, 4) is 0 Å². The third-order valence-corrected chi connectivity index (χ3v) is 3.77. The van der Waals surface area contributed by atoms with Gasteiger partial charge in [-0.25, -0.2) is 4.39 Å². The zero-order valence-corrected chi connectivity index (χ0v) is 12.3. The summed E-state index contributed by atoms with van der Waals surface area (Å²) < 4.78 is 16.2. The van der Waals surface area contributed by atoms with Gasteiger partial charge in [-0.1, -0.05) is 34.1 Å². The number of halogens is 2. The predicted molar refractivity (Wildman–Crippen MR) is 81.1 cm³/mol. The van der Waals surface area contributed by atoms with Crippen molar-refractivity contribution in [1.82, 2.24) is 4.57 Å². The molecule has 0 saturated heterocycles. The maximum absolute atomic E-state index is 13.4. The van der Waals surface area contributed by atoms with E-state index < -0.39 is 0 Å². The largest absolute Gasteiger partial charge is 0.392 e. The minimum absolute atomic E-state index is 0.000356. The van der Waals surface area contributed by atoms with Crippen LogP contribution >= 0.6 is 15.9 Å². The van der Waals surface area contributed by atoms with Crippen LogP contribution in [0.25, 0.3) is 10.9 Å². The highest BCUT2D eigenvalue weighted by molar-refractivity contribution is 9.10. The molecule has 0 atom stereocenters. The molecule has 2 aromatic carbocycles. The number of rotatable bonds is 3. The summed E-state index contributed by atoms with van der Waals surface area (Å²) in [6, 6.07) is 12.8. The molecule has 0 aliphatic carbocycles. The minimum atomic E-state index is -0.256. The highest BCUT2D eigenvalue weighted by atomic mass is 79.9. The topological polar surface area (TPSA) is 25.2 Å². The fourth-order valence-electron chi connectivity index (χ4n) is 2.48. The van der Waals surface area contributed by atoms with Crippen molar-refractivity contribution >= 4 is 26.8 Å². The lowest BCUT2D eigenvalue weighted by atomic mass is 10.2. The van der Waals surface area contributed by atoms with Crippen molar-refractivity contribution in [2.75, 3.05) is 0 Å². The summed E-state index contributed by atoms with van der Waals surface area (Å²) in [5, 5.41) is 10.5. The van der Waals surface area contributed by atoms with Crippen LogP contribution in [0.1, 0.15) is 11.1 Å². The van der Waals surface area contributed by atoms with Crippen LogP contribution in [-0.2, 0) is 13.2 Å². The summed E-state index contributed by atoms with van der Waals surface area (Å²) in [6.45, 7) is 0.567. The summed E-state index contributed by atoms with van der Waals surface area (Å²) in [7, 11) is 0. The monoisotopic (exact) mass is 333 g/mol. The van der Waals surface area contributed by atoms with E-state index in [1.54, 1.807) is 0 Å². The number of fused-ring (bicyclic) bond motifs is 1. The van der Waals surface area contributed by atoms with Crippen LogP contribution in [-0.4, -0.2) is 9.67 Å². The number of benzene rings is 2. The summed E-state index contributed by atoms with van der Waals surface area (Å²) in [4.78, 5) is 0. The predicted octanol–water partition coefficient (Wildman–Crippen LogP) is 4.08. The first-order valence-corrected chi connectivity index (χ1v) is 7.09. The lowest BCUT2D eigenvalue weighted by Gasteiger charge is -2.06. The summed E-state index contributed by atoms with van der Waals surface area (Å²) in [6.07, 6.45) is 1.92. The summed E-state index contributed by atoms with van der Waals surface area (Å²) in [5.74, 6) is -0.256. The van der Waals surface area contributed by atoms with E-state index in [0.29, 0.717) is 6.54 Å². The molecule has 0 unspecified atom stereocenters. The molecule has 0 fully saturated rings. The average Bonchev–Trinajstić information content (AvgIpc) is 2.76. The van der Waals surface area contributed by atoms with E-state index in [1.807, 2.05) is 41.1 Å². The van der Waals surface area contributed by atoms with Gasteiger partial charge in [0.2, 0.25) is 0 Å². The smallest absolute Gasteiger partial charge is 0.124 e. The van der Waals surface area contributed by atoms with E-state index in [0.717, 1.165) is 26.5 Å². The van der Waals surface area contributed by atoms with Crippen molar-refractivity contribution in [3.05, 3.63) is 70.1 Å². The second kappa shape index (κ2) is 5.38. The molecule has 4 heteroatoms. The molecule has 102 valence electrons. The fourth-order valence-corrected chi connectivity index (χ4v) is 2.99. The molecule has 1 heterocycles. The molecule has 0 bridgehead atoms. The zero-order chi connectivity index (χ0) is 14.1. The molecule has 20 heavy (non-hydrogen) atoms. The second-order valence-electron chi connectivity index (χ2n) is 4.74. The van der Waals surface area contributed by atoms with E-state index in [2.05, 4.69) is 15.9 Å². The van der Waals surface area contributed by atoms with Crippen molar-refractivity contribution in [2.24, 2.45) is 0 Å². The Hall–Kier alpha value is -1.65. The lowest BCUT2D eigenvalue weighted by Crippen LogP contribution is -1.98. The van der Waals surface area contributed by atoms with Crippen molar-refractivity contribution in [3.63, 3.8) is 0 Å². The van der Waals surface area contributed by atoms with Crippen molar-refractivity contribution in [1.29, 1.82) is 0 Å². The summed E-state index contributed by atoms with van der Waals surface area (Å²) in [5.41, 5.74) is 2.80. The van der Waals surface area contributed by atoms with Gasteiger partial charge in [-0.3, -0.25) is 0 Å². The van der Waals surface area contributed by atoms with E-state index in [1.165, 1.54) is 12.1 Å². The van der Waals surface area contributed by atoms with Gasteiger partial charge in [0, 0.05) is 33.7 Å². The standard InChI is InChI=1S/C16H13BrFNO/c17-13-5-11(6-14(18)7-13)8-19-9-12(10-20)15-3-1-2-4-16(15)19/h1-7,9,20H,8,10H2. The third-order valence-electron chi connectivity index (χ3n) is 3.32. The molecule has 3 rings (SSSR count). The van der Waals surface area contributed by atoms with Gasteiger partial charge in [0.25, 0.3) is 0 Å². The molecule has 1 N–H and O–H groups in total. The van der Waals surface area contributed by atoms with Gasteiger partial charge in [0.05, 0.1) is 6.61 Å². The number of aliphatic hydroxyl groups excluding tert-OH is 1. The number of hydrogen-bond donors (Lipinski definition) is 1. The average molecular weight is 334 g/mol. The SMILES string of the molecule is OCc1cn(Cc2cc(F)cc(Br)c2)c2ccccc12. The van der Waals surface area contributed by atoms with Crippen LogP contribution in [0.3, 0.4) is 0 Å². The third kappa shape index (κ3) is 2.49. The number of nitrogens with zero attached hydrogens (tertiary/aromatic N) is 1. The lowest BCUT2D eigenvalue weighted by molar-refractivity contribution is 0.283. The van der Waals surface area contributed by atoms with Gasteiger partial charge < -0.3 is 9.67 Å². The first-order valence-electron chi connectivity index (χ1n) is 6.30. The molecule has 0 saturated carbocycles. The van der Waals surface area contributed by atoms with Crippen LogP contribution in [0, 0.1) is 5.82 Å². The van der Waals surface area contributed by atoms with Gasteiger partial charge in [-0.2, -0.15) is 0 Å². The minimum Gasteiger partial charge on any atom is -0.392 e. The van der Waals surface area contributed by atoms with Gasteiger partial charge >= 0.3 is 0 Å². The number of para-hydroxylation sites is 1. The van der Waals surface area contributed by atoms with Gasteiger partial charge in [-0.05, 0) is 29.8 Å². The molecule has 0 spiro atoms. The van der Waals surface area contributed by atoms with Crippen LogP contribution in [0.15, 0.2) is 53.1 Å². The Kier molecular flexibility index (Phi) is 3.59. The van der Waals surface area contributed by atoms with Gasteiger partial charge in [-0.15, -0.1) is 0 Å². The van der Waals surface area contributed by atoms with E-state index >= 15 is 0 Å². The molecule has 0 radical (unpaired) electrons. The molecule has 2 nitrogen and oxygen atoms in total. The van der Waals surface area contributed by atoms with Gasteiger partial charge in [0.1, 0.15) is 5.82 Å². The molecule has 0 aliphatic heterocycles. The Morgan fingerprint density at radius 1 is 1.15 bits per heavy atom. The Balaban J connectivity index is 2.06. The Morgan fingerprint density at radius 3 is 2.70 bits per heavy atom. The van der Waals surface area contributed by atoms with E-state index in [-0.39, 0.29) is 12.4 Å². The van der Waals surface area contributed by atoms with E-state index in [4.69, 9.17) is 0 Å². The molecular weight excluding hydrogens is 321 g/mol. The zero-order valence-electron chi connectivity index (χ0n) is 10.7. The maximum Gasteiger partial charge on any atom is 0.124 e. The Morgan fingerprint density at radius 2 is 1.95 bits per heavy atom. The van der Waals surface area contributed by atoms with Gasteiger partial charge in [0.15, 0.2) is 0 Å². The van der Waals surface area contributed by atoms with Crippen LogP contribution in [0.4, 0.5) is 4.39 Å². The van der Waals surface area contributed by atoms with Crippen LogP contribution in [0.2, 0.25) is 0 Å². The first-order chi connectivity index (χ1) is 9.67. The number of aromatic nitrogens is 1. The van der Waals surface area contributed by atoms with Crippen molar-refractivity contribution in [2.45, 2.75) is 13.2 Å². The molecular formula is C16H13BrFNO.